The minimum atomic E-state index is 1.08. The second-order valence-corrected chi connectivity index (χ2v) is 5.72. The molecule has 0 aromatic heterocycles. The van der Waals surface area contributed by atoms with Gasteiger partial charge in [0.15, 0.2) is 0 Å². The molecule has 0 aliphatic rings. The lowest BCUT2D eigenvalue weighted by molar-refractivity contribution is -0.950. The molecule has 0 heterocycles. The van der Waals surface area contributed by atoms with Crippen molar-refractivity contribution in [2.75, 3.05) is 13.1 Å². The molecule has 0 spiro atoms. The van der Waals surface area contributed by atoms with Gasteiger partial charge in [0.2, 0.25) is 0 Å². The molecule has 0 unspecified atom stereocenters. The van der Waals surface area contributed by atoms with Crippen molar-refractivity contribution in [1.82, 2.24) is 0 Å². The summed E-state index contributed by atoms with van der Waals surface area (Å²) in [6.07, 6.45) is 1.90. The van der Waals surface area contributed by atoms with Gasteiger partial charge in [-0.1, -0.05) is 67.3 Å². The highest BCUT2D eigenvalue weighted by atomic mass is 15.3. The summed E-state index contributed by atoms with van der Waals surface area (Å²) in [7, 11) is 0. The van der Waals surface area contributed by atoms with Gasteiger partial charge in [-0.15, -0.1) is 0 Å². The minimum Gasteiger partial charge on any atom is -0.317 e. The largest absolute Gasteiger partial charge is 0.317 e. The summed E-state index contributed by atoms with van der Waals surface area (Å²) in [6, 6.07) is 19.6. The molecule has 0 amide bonds. The molecule has 2 aromatic rings. The quantitative estimate of drug-likeness (QED) is 0.634. The lowest BCUT2D eigenvalue weighted by atomic mass is 10.1. The first-order valence-corrected chi connectivity index (χ1v) is 7.82. The van der Waals surface area contributed by atoms with Gasteiger partial charge in [0, 0.05) is 11.1 Å². The van der Waals surface area contributed by atoms with Crippen molar-refractivity contribution in [2.45, 2.75) is 26.9 Å². The number of benzene rings is 2. The van der Waals surface area contributed by atoms with E-state index >= 15 is 0 Å². The Hall–Kier alpha value is -1.86. The Kier molecular flexibility index (Phi) is 5.35. The van der Waals surface area contributed by atoms with Gasteiger partial charge >= 0.3 is 0 Å². The van der Waals surface area contributed by atoms with Crippen LogP contribution in [0.3, 0.4) is 0 Å². The molecule has 2 aromatic carbocycles. The van der Waals surface area contributed by atoms with E-state index in [1.54, 1.807) is 0 Å². The predicted octanol–water partition coefficient (Wildman–Crippen LogP) is 4.89. The van der Waals surface area contributed by atoms with Gasteiger partial charge in [-0.05, 0) is 19.4 Å². The summed E-state index contributed by atoms with van der Waals surface area (Å²) >= 11 is 0. The molecular formula is C20H26N+. The summed E-state index contributed by atoms with van der Waals surface area (Å²) in [5.74, 6) is 0. The van der Waals surface area contributed by atoms with Crippen LogP contribution < -0.4 is 0 Å². The Bertz CT molecular complexity index is 550. The van der Waals surface area contributed by atoms with Crippen LogP contribution in [0, 0.1) is 0 Å². The lowest BCUT2D eigenvalue weighted by Crippen LogP contribution is -2.46. The van der Waals surface area contributed by atoms with Crippen LogP contribution in [-0.2, 0) is 13.1 Å². The smallest absolute Gasteiger partial charge is 0.105 e. The molecule has 2 rings (SSSR count). The fourth-order valence-electron chi connectivity index (χ4n) is 2.84. The Labute approximate surface area is 129 Å². The average Bonchev–Trinajstić information content (AvgIpc) is 2.56. The third kappa shape index (κ3) is 4.05. The molecule has 0 saturated carbocycles. The summed E-state index contributed by atoms with van der Waals surface area (Å²) in [5, 5.41) is 0. The van der Waals surface area contributed by atoms with E-state index in [4.69, 9.17) is 0 Å². The zero-order valence-electron chi connectivity index (χ0n) is 13.3. The third-order valence-electron chi connectivity index (χ3n) is 4.44. The first kappa shape index (κ1) is 15.5. The van der Waals surface area contributed by atoms with Crippen LogP contribution in [0.25, 0.3) is 6.08 Å². The Morgan fingerprint density at radius 2 is 1.33 bits per heavy atom. The normalized spacial score (nSPS) is 11.3. The molecule has 1 heteroatoms. The van der Waals surface area contributed by atoms with Gasteiger partial charge in [-0.2, -0.15) is 0 Å². The number of quaternary nitrogens is 1. The van der Waals surface area contributed by atoms with E-state index in [-0.39, 0.29) is 0 Å². The molecule has 21 heavy (non-hydrogen) atoms. The van der Waals surface area contributed by atoms with E-state index < -0.39 is 0 Å². The Morgan fingerprint density at radius 3 is 1.81 bits per heavy atom. The van der Waals surface area contributed by atoms with E-state index in [0.717, 1.165) is 30.7 Å². The number of hydrogen-bond donors (Lipinski definition) is 0. The molecule has 0 bridgehead atoms. The first-order valence-electron chi connectivity index (χ1n) is 7.82. The number of rotatable bonds is 7. The van der Waals surface area contributed by atoms with E-state index in [9.17, 15) is 0 Å². The fourth-order valence-corrected chi connectivity index (χ4v) is 2.84. The Morgan fingerprint density at radius 1 is 0.810 bits per heavy atom. The van der Waals surface area contributed by atoms with Gasteiger partial charge in [0.1, 0.15) is 13.1 Å². The molecule has 0 aliphatic carbocycles. The molecule has 0 N–H and O–H groups in total. The first-order chi connectivity index (χ1) is 10.2. The van der Waals surface area contributed by atoms with Gasteiger partial charge in [0.25, 0.3) is 0 Å². The molecule has 0 aliphatic heterocycles. The zero-order chi connectivity index (χ0) is 15.1. The molecule has 110 valence electrons. The predicted molar refractivity (Wildman–Crippen MR) is 91.7 cm³/mol. The monoisotopic (exact) mass is 280 g/mol. The number of nitrogens with zero attached hydrogens (tertiary/aromatic N) is 1. The van der Waals surface area contributed by atoms with Crippen LogP contribution in [0.4, 0.5) is 0 Å². The standard InChI is InChI=1S/C20H26N/c1-4-18-12-14-20(15-13-18)17-21(5-2,6-3)16-19-10-8-7-9-11-19/h4,7-15H,1,5-6,16-17H2,2-3H3/q+1. The van der Waals surface area contributed by atoms with E-state index in [1.165, 1.54) is 16.7 Å². The maximum absolute atomic E-state index is 3.82. The number of hydrogen-bond acceptors (Lipinski definition) is 0. The summed E-state index contributed by atoms with van der Waals surface area (Å²) in [6.45, 7) is 12.9. The van der Waals surface area contributed by atoms with Crippen LogP contribution in [-0.4, -0.2) is 17.6 Å². The molecule has 0 radical (unpaired) electrons. The second kappa shape index (κ2) is 7.24. The van der Waals surface area contributed by atoms with E-state index in [0.29, 0.717) is 0 Å². The van der Waals surface area contributed by atoms with E-state index in [1.807, 2.05) is 6.08 Å². The van der Waals surface area contributed by atoms with Gasteiger partial charge < -0.3 is 4.48 Å². The highest BCUT2D eigenvalue weighted by molar-refractivity contribution is 5.47. The van der Waals surface area contributed by atoms with Gasteiger partial charge in [-0.3, -0.25) is 0 Å². The van der Waals surface area contributed by atoms with Gasteiger partial charge in [-0.25, -0.2) is 0 Å². The van der Waals surface area contributed by atoms with Crippen LogP contribution in [0.5, 0.6) is 0 Å². The van der Waals surface area contributed by atoms with Crippen molar-refractivity contribution in [3.05, 3.63) is 77.9 Å². The highest BCUT2D eigenvalue weighted by Gasteiger charge is 2.24. The van der Waals surface area contributed by atoms with Gasteiger partial charge in [0.05, 0.1) is 13.1 Å². The SMILES string of the molecule is C=Cc1ccc(C[N+](CC)(CC)Cc2ccccc2)cc1. The highest BCUT2D eigenvalue weighted by Crippen LogP contribution is 2.20. The molecular weight excluding hydrogens is 254 g/mol. The van der Waals surface area contributed by atoms with E-state index in [2.05, 4.69) is 75.0 Å². The van der Waals surface area contributed by atoms with Crippen molar-refractivity contribution >= 4 is 6.08 Å². The van der Waals surface area contributed by atoms with Crippen molar-refractivity contribution in [3.8, 4) is 0 Å². The average molecular weight is 280 g/mol. The summed E-state index contributed by atoms with van der Waals surface area (Å²) < 4.78 is 1.09. The van der Waals surface area contributed by atoms with Crippen LogP contribution in [0.2, 0.25) is 0 Å². The maximum Gasteiger partial charge on any atom is 0.105 e. The van der Waals surface area contributed by atoms with Crippen molar-refractivity contribution in [2.24, 2.45) is 0 Å². The third-order valence-corrected chi connectivity index (χ3v) is 4.44. The molecule has 0 fully saturated rings. The molecule has 1 nitrogen and oxygen atoms in total. The zero-order valence-corrected chi connectivity index (χ0v) is 13.3. The second-order valence-electron chi connectivity index (χ2n) is 5.72. The maximum atomic E-state index is 3.82. The summed E-state index contributed by atoms with van der Waals surface area (Å²) in [4.78, 5) is 0. The van der Waals surface area contributed by atoms with Crippen LogP contribution in [0.1, 0.15) is 30.5 Å². The van der Waals surface area contributed by atoms with Crippen LogP contribution >= 0.6 is 0 Å². The Balaban J connectivity index is 2.18. The summed E-state index contributed by atoms with van der Waals surface area (Å²) in [5.41, 5.74) is 4.01. The van der Waals surface area contributed by atoms with Crippen molar-refractivity contribution in [1.29, 1.82) is 0 Å². The fraction of sp³-hybridized carbons (Fsp3) is 0.300. The molecule has 0 saturated heterocycles. The molecule has 0 atom stereocenters. The van der Waals surface area contributed by atoms with Crippen molar-refractivity contribution < 1.29 is 4.48 Å². The van der Waals surface area contributed by atoms with Crippen LogP contribution in [0.15, 0.2) is 61.2 Å². The minimum absolute atomic E-state index is 1.08. The topological polar surface area (TPSA) is 0 Å². The van der Waals surface area contributed by atoms with Crippen molar-refractivity contribution in [3.63, 3.8) is 0 Å². The lowest BCUT2D eigenvalue weighted by Gasteiger charge is -2.37.